The molecule has 2 amide bonds. The van der Waals surface area contributed by atoms with Gasteiger partial charge in [-0.25, -0.2) is 0 Å². The fourth-order valence-electron chi connectivity index (χ4n) is 0.824. The third-order valence-electron chi connectivity index (χ3n) is 1.36. The highest BCUT2D eigenvalue weighted by molar-refractivity contribution is 6.65. The molecule has 0 spiro atoms. The summed E-state index contributed by atoms with van der Waals surface area (Å²) in [6, 6.07) is -0.0600. The summed E-state index contributed by atoms with van der Waals surface area (Å²) in [6.45, 7) is 2.26. The highest BCUT2D eigenvalue weighted by Crippen LogP contribution is 1.95. The molecule has 5 nitrogen and oxygen atoms in total. The van der Waals surface area contributed by atoms with Gasteiger partial charge in [-0.2, -0.15) is 0 Å². The molecule has 0 fully saturated rings. The molecule has 0 saturated carbocycles. The van der Waals surface area contributed by atoms with Crippen molar-refractivity contribution in [2.24, 2.45) is 10.7 Å². The van der Waals surface area contributed by atoms with Gasteiger partial charge < -0.3 is 11.1 Å². The van der Waals surface area contributed by atoms with Gasteiger partial charge in [-0.05, 0) is 6.92 Å². The van der Waals surface area contributed by atoms with Crippen molar-refractivity contribution in [3.8, 4) is 0 Å². The van der Waals surface area contributed by atoms with Gasteiger partial charge in [0.25, 0.3) is 11.8 Å². The molecular formula is C6H9N3O2. The van der Waals surface area contributed by atoms with Crippen LogP contribution >= 0.6 is 0 Å². The second-order valence-corrected chi connectivity index (χ2v) is 2.40. The van der Waals surface area contributed by atoms with Crippen LogP contribution in [0.25, 0.3) is 0 Å². The van der Waals surface area contributed by atoms with E-state index in [0.29, 0.717) is 6.54 Å². The first kappa shape index (κ1) is 7.71. The monoisotopic (exact) mass is 155 g/mol. The summed E-state index contributed by atoms with van der Waals surface area (Å²) in [6.07, 6.45) is 0. The summed E-state index contributed by atoms with van der Waals surface area (Å²) in [7, 11) is 0. The topological polar surface area (TPSA) is 84.5 Å². The van der Waals surface area contributed by atoms with Gasteiger partial charge in [0.1, 0.15) is 0 Å². The third kappa shape index (κ3) is 1.54. The second-order valence-electron chi connectivity index (χ2n) is 2.40. The SMILES string of the molecule is CC1CNC(=O)C(C(N)=O)=N1. The van der Waals surface area contributed by atoms with E-state index in [1.807, 2.05) is 0 Å². The van der Waals surface area contributed by atoms with Gasteiger partial charge in [0.2, 0.25) is 0 Å². The number of carbonyl (C=O) groups excluding carboxylic acids is 2. The smallest absolute Gasteiger partial charge is 0.275 e. The number of amides is 2. The van der Waals surface area contributed by atoms with Crippen LogP contribution in [-0.4, -0.2) is 30.1 Å². The minimum Gasteiger partial charge on any atom is -0.364 e. The van der Waals surface area contributed by atoms with Crippen LogP contribution in [0.5, 0.6) is 0 Å². The lowest BCUT2D eigenvalue weighted by Crippen LogP contribution is -2.46. The van der Waals surface area contributed by atoms with Gasteiger partial charge in [-0.3, -0.25) is 14.6 Å². The van der Waals surface area contributed by atoms with Crippen molar-refractivity contribution in [2.75, 3.05) is 6.54 Å². The lowest BCUT2D eigenvalue weighted by molar-refractivity contribution is -0.118. The standard InChI is InChI=1S/C6H9N3O2/c1-3-2-8-6(11)4(9-3)5(7)10/h3H,2H2,1H3,(H2,7,10)(H,8,11). The molecular weight excluding hydrogens is 146 g/mol. The zero-order valence-electron chi connectivity index (χ0n) is 6.13. The van der Waals surface area contributed by atoms with Crippen LogP contribution in [0, 0.1) is 0 Å². The molecule has 0 aromatic rings. The van der Waals surface area contributed by atoms with E-state index in [0.717, 1.165) is 0 Å². The van der Waals surface area contributed by atoms with Crippen molar-refractivity contribution in [3.05, 3.63) is 0 Å². The van der Waals surface area contributed by atoms with Crippen molar-refractivity contribution in [1.82, 2.24) is 5.32 Å². The number of primary amides is 1. The molecule has 60 valence electrons. The van der Waals surface area contributed by atoms with Crippen LogP contribution < -0.4 is 11.1 Å². The molecule has 0 saturated heterocycles. The van der Waals surface area contributed by atoms with Crippen LogP contribution in [0.1, 0.15) is 6.92 Å². The van der Waals surface area contributed by atoms with E-state index in [1.165, 1.54) is 0 Å². The summed E-state index contributed by atoms with van der Waals surface area (Å²) < 4.78 is 0. The number of nitrogens with two attached hydrogens (primary N) is 1. The Kier molecular flexibility index (Phi) is 1.89. The Balaban J connectivity index is 2.88. The highest BCUT2D eigenvalue weighted by Gasteiger charge is 2.22. The van der Waals surface area contributed by atoms with E-state index in [2.05, 4.69) is 10.3 Å². The first-order valence-corrected chi connectivity index (χ1v) is 3.27. The van der Waals surface area contributed by atoms with Gasteiger partial charge in [0, 0.05) is 6.54 Å². The molecule has 0 aromatic carbocycles. The zero-order valence-corrected chi connectivity index (χ0v) is 6.13. The van der Waals surface area contributed by atoms with Crippen molar-refractivity contribution < 1.29 is 9.59 Å². The Morgan fingerprint density at radius 3 is 2.91 bits per heavy atom. The summed E-state index contributed by atoms with van der Waals surface area (Å²) in [4.78, 5) is 25.2. The molecule has 1 atom stereocenters. The van der Waals surface area contributed by atoms with E-state index in [1.54, 1.807) is 6.92 Å². The second kappa shape index (κ2) is 2.69. The van der Waals surface area contributed by atoms with Gasteiger partial charge in [0.15, 0.2) is 5.71 Å². The van der Waals surface area contributed by atoms with Crippen LogP contribution in [0.15, 0.2) is 4.99 Å². The maximum atomic E-state index is 10.8. The number of hydrogen-bond acceptors (Lipinski definition) is 3. The molecule has 1 aliphatic rings. The normalized spacial score (nSPS) is 23.9. The molecule has 0 aromatic heterocycles. The molecule has 1 rings (SSSR count). The molecule has 1 heterocycles. The number of nitrogens with one attached hydrogen (secondary N) is 1. The lowest BCUT2D eigenvalue weighted by Gasteiger charge is -2.15. The molecule has 0 bridgehead atoms. The van der Waals surface area contributed by atoms with Crippen LogP contribution in [-0.2, 0) is 9.59 Å². The average molecular weight is 155 g/mol. The van der Waals surface area contributed by atoms with E-state index in [4.69, 9.17) is 5.73 Å². The minimum absolute atomic E-state index is 0.0600. The van der Waals surface area contributed by atoms with Crippen molar-refractivity contribution in [3.63, 3.8) is 0 Å². The lowest BCUT2D eigenvalue weighted by atomic mass is 10.2. The predicted molar refractivity (Wildman–Crippen MR) is 39.1 cm³/mol. The summed E-state index contributed by atoms with van der Waals surface area (Å²) in [5.41, 5.74) is 4.71. The number of hydrogen-bond donors (Lipinski definition) is 2. The van der Waals surface area contributed by atoms with Gasteiger partial charge >= 0.3 is 0 Å². The number of nitrogens with zero attached hydrogens (tertiary/aromatic N) is 1. The maximum Gasteiger partial charge on any atom is 0.275 e. The summed E-state index contributed by atoms with van der Waals surface area (Å²) >= 11 is 0. The van der Waals surface area contributed by atoms with Crippen molar-refractivity contribution in [2.45, 2.75) is 13.0 Å². The van der Waals surface area contributed by atoms with Gasteiger partial charge in [0.05, 0.1) is 6.04 Å². The Morgan fingerprint density at radius 2 is 2.45 bits per heavy atom. The largest absolute Gasteiger partial charge is 0.364 e. The first-order valence-electron chi connectivity index (χ1n) is 3.27. The summed E-state index contributed by atoms with van der Waals surface area (Å²) in [5, 5.41) is 2.49. The fourth-order valence-corrected chi connectivity index (χ4v) is 0.824. The molecule has 1 aliphatic heterocycles. The Hall–Kier alpha value is -1.39. The maximum absolute atomic E-state index is 10.8. The molecule has 5 heteroatoms. The van der Waals surface area contributed by atoms with E-state index in [-0.39, 0.29) is 11.8 Å². The molecule has 1 unspecified atom stereocenters. The summed E-state index contributed by atoms with van der Waals surface area (Å²) in [5.74, 6) is -1.25. The Labute approximate surface area is 63.7 Å². The van der Waals surface area contributed by atoms with E-state index in [9.17, 15) is 9.59 Å². The zero-order chi connectivity index (χ0) is 8.43. The molecule has 0 radical (unpaired) electrons. The van der Waals surface area contributed by atoms with Crippen LogP contribution in [0.3, 0.4) is 0 Å². The Morgan fingerprint density at radius 1 is 1.82 bits per heavy atom. The fraction of sp³-hybridized carbons (Fsp3) is 0.500. The van der Waals surface area contributed by atoms with Gasteiger partial charge in [-0.1, -0.05) is 0 Å². The van der Waals surface area contributed by atoms with E-state index >= 15 is 0 Å². The van der Waals surface area contributed by atoms with E-state index < -0.39 is 11.8 Å². The minimum atomic E-state index is -0.769. The third-order valence-corrected chi connectivity index (χ3v) is 1.36. The van der Waals surface area contributed by atoms with Gasteiger partial charge in [-0.15, -0.1) is 0 Å². The quantitative estimate of drug-likeness (QED) is 0.479. The highest BCUT2D eigenvalue weighted by atomic mass is 16.2. The molecule has 11 heavy (non-hydrogen) atoms. The number of aliphatic imine (C=N–C) groups is 1. The van der Waals surface area contributed by atoms with Crippen LogP contribution in [0.2, 0.25) is 0 Å². The predicted octanol–water partition coefficient (Wildman–Crippen LogP) is -1.57. The average Bonchev–Trinajstić information content (AvgIpc) is 1.94. The number of carbonyl (C=O) groups is 2. The first-order chi connectivity index (χ1) is 5.11. The Bertz CT molecular complexity index is 234. The molecule has 3 N–H and O–H groups in total. The van der Waals surface area contributed by atoms with Crippen molar-refractivity contribution in [1.29, 1.82) is 0 Å². The van der Waals surface area contributed by atoms with Crippen LogP contribution in [0.4, 0.5) is 0 Å². The molecule has 0 aliphatic carbocycles. The number of rotatable bonds is 1. The van der Waals surface area contributed by atoms with Crippen molar-refractivity contribution >= 4 is 17.5 Å².